The van der Waals surface area contributed by atoms with Crippen molar-refractivity contribution in [2.24, 2.45) is 0 Å². The molecule has 0 bridgehead atoms. The van der Waals surface area contributed by atoms with E-state index in [1.807, 2.05) is 66.4 Å². The van der Waals surface area contributed by atoms with Crippen LogP contribution in [0, 0.1) is 6.92 Å². The van der Waals surface area contributed by atoms with E-state index in [2.05, 4.69) is 27.3 Å². The number of anilines is 1. The SMILES string of the molecule is Cc1ccccc1CC(=O)N1CCN(c2ccc(C(=O)NCCc3ccccc3)cn2)CC1. The predicted octanol–water partition coefficient (Wildman–Crippen LogP) is 3.25. The topological polar surface area (TPSA) is 65.5 Å². The molecule has 1 saturated heterocycles. The molecule has 2 aromatic carbocycles. The molecule has 0 aliphatic carbocycles. The van der Waals surface area contributed by atoms with E-state index >= 15 is 0 Å². The third-order valence-electron chi connectivity index (χ3n) is 6.11. The van der Waals surface area contributed by atoms with Crippen molar-refractivity contribution in [3.63, 3.8) is 0 Å². The highest BCUT2D eigenvalue weighted by Crippen LogP contribution is 2.16. The summed E-state index contributed by atoms with van der Waals surface area (Å²) in [5, 5.41) is 2.95. The number of carbonyl (C=O) groups excluding carboxylic acids is 2. The number of pyridine rings is 1. The van der Waals surface area contributed by atoms with E-state index in [4.69, 9.17) is 0 Å². The molecule has 0 unspecified atom stereocenters. The fourth-order valence-corrected chi connectivity index (χ4v) is 4.04. The zero-order chi connectivity index (χ0) is 23.0. The second-order valence-electron chi connectivity index (χ2n) is 8.37. The van der Waals surface area contributed by atoms with Crippen LogP contribution in [0.4, 0.5) is 5.82 Å². The molecule has 0 spiro atoms. The number of hydrogen-bond acceptors (Lipinski definition) is 4. The van der Waals surface area contributed by atoms with Crippen molar-refractivity contribution in [1.82, 2.24) is 15.2 Å². The van der Waals surface area contributed by atoms with Crippen LogP contribution >= 0.6 is 0 Å². The molecule has 6 heteroatoms. The highest BCUT2D eigenvalue weighted by Gasteiger charge is 2.22. The number of amides is 2. The van der Waals surface area contributed by atoms with Gasteiger partial charge in [-0.25, -0.2) is 4.98 Å². The number of nitrogens with zero attached hydrogens (tertiary/aromatic N) is 3. The van der Waals surface area contributed by atoms with Crippen LogP contribution < -0.4 is 10.2 Å². The summed E-state index contributed by atoms with van der Waals surface area (Å²) in [5.41, 5.74) is 3.99. The zero-order valence-corrected chi connectivity index (χ0v) is 19.0. The van der Waals surface area contributed by atoms with Crippen LogP contribution in [0.3, 0.4) is 0 Å². The fourth-order valence-electron chi connectivity index (χ4n) is 4.04. The number of hydrogen-bond donors (Lipinski definition) is 1. The first kappa shape index (κ1) is 22.5. The summed E-state index contributed by atoms with van der Waals surface area (Å²) in [4.78, 5) is 33.7. The Bertz CT molecular complexity index is 1070. The lowest BCUT2D eigenvalue weighted by atomic mass is 10.1. The quantitative estimate of drug-likeness (QED) is 0.610. The maximum absolute atomic E-state index is 12.7. The first-order valence-electron chi connectivity index (χ1n) is 11.5. The number of rotatable bonds is 7. The van der Waals surface area contributed by atoms with E-state index in [9.17, 15) is 9.59 Å². The van der Waals surface area contributed by atoms with E-state index in [0.29, 0.717) is 31.6 Å². The van der Waals surface area contributed by atoms with Gasteiger partial charge in [0, 0.05) is 38.9 Å². The predicted molar refractivity (Wildman–Crippen MR) is 130 cm³/mol. The van der Waals surface area contributed by atoms with Crippen LogP contribution in [0.15, 0.2) is 72.9 Å². The van der Waals surface area contributed by atoms with Crippen molar-refractivity contribution in [3.05, 3.63) is 95.2 Å². The van der Waals surface area contributed by atoms with Gasteiger partial charge in [0.1, 0.15) is 5.82 Å². The standard InChI is InChI=1S/C27H30N4O2/c1-21-7-5-6-10-23(21)19-26(32)31-17-15-30(16-18-31)25-12-11-24(20-29-25)27(33)28-14-13-22-8-3-2-4-9-22/h2-12,20H,13-19H2,1H3,(H,28,33). The minimum atomic E-state index is -0.114. The van der Waals surface area contributed by atoms with Crippen molar-refractivity contribution >= 4 is 17.6 Å². The molecule has 1 aliphatic heterocycles. The Morgan fingerprint density at radius 3 is 2.33 bits per heavy atom. The van der Waals surface area contributed by atoms with E-state index < -0.39 is 0 Å². The Labute approximate surface area is 195 Å². The van der Waals surface area contributed by atoms with E-state index in [1.165, 1.54) is 5.56 Å². The molecule has 6 nitrogen and oxygen atoms in total. The lowest BCUT2D eigenvalue weighted by molar-refractivity contribution is -0.130. The number of piperazine rings is 1. The first-order valence-corrected chi connectivity index (χ1v) is 11.5. The second kappa shape index (κ2) is 10.8. The minimum absolute atomic E-state index is 0.114. The molecule has 2 heterocycles. The van der Waals surface area contributed by atoms with Gasteiger partial charge in [0.05, 0.1) is 12.0 Å². The third-order valence-corrected chi connectivity index (χ3v) is 6.11. The van der Waals surface area contributed by atoms with Gasteiger partial charge >= 0.3 is 0 Å². The molecule has 1 fully saturated rings. The lowest BCUT2D eigenvalue weighted by Crippen LogP contribution is -2.49. The van der Waals surface area contributed by atoms with Gasteiger partial charge < -0.3 is 15.1 Å². The Balaban J connectivity index is 1.24. The average molecular weight is 443 g/mol. The summed E-state index contributed by atoms with van der Waals surface area (Å²) in [6, 6.07) is 21.8. The zero-order valence-electron chi connectivity index (χ0n) is 19.0. The van der Waals surface area contributed by atoms with Gasteiger partial charge in [0.2, 0.25) is 5.91 Å². The monoisotopic (exact) mass is 442 g/mol. The number of aryl methyl sites for hydroxylation is 1. The van der Waals surface area contributed by atoms with Gasteiger partial charge in [-0.15, -0.1) is 0 Å². The van der Waals surface area contributed by atoms with Crippen LogP contribution in [-0.4, -0.2) is 54.4 Å². The van der Waals surface area contributed by atoms with Crippen molar-refractivity contribution < 1.29 is 9.59 Å². The molecule has 0 atom stereocenters. The molecule has 2 amide bonds. The molecule has 1 aliphatic rings. The minimum Gasteiger partial charge on any atom is -0.353 e. The summed E-state index contributed by atoms with van der Waals surface area (Å²) in [6.45, 7) is 5.44. The highest BCUT2D eigenvalue weighted by atomic mass is 16.2. The maximum atomic E-state index is 12.7. The third kappa shape index (κ3) is 5.98. The van der Waals surface area contributed by atoms with Crippen LogP contribution in [-0.2, 0) is 17.6 Å². The van der Waals surface area contributed by atoms with Crippen LogP contribution in [0.5, 0.6) is 0 Å². The molecule has 1 N–H and O–H groups in total. The fraction of sp³-hybridized carbons (Fsp3) is 0.296. The van der Waals surface area contributed by atoms with E-state index in [1.54, 1.807) is 6.20 Å². The largest absolute Gasteiger partial charge is 0.353 e. The van der Waals surface area contributed by atoms with Crippen molar-refractivity contribution in [1.29, 1.82) is 0 Å². The molecular formula is C27H30N4O2. The smallest absolute Gasteiger partial charge is 0.252 e. The summed E-state index contributed by atoms with van der Waals surface area (Å²) in [5.74, 6) is 0.887. The molecular weight excluding hydrogens is 412 g/mol. The van der Waals surface area contributed by atoms with Gasteiger partial charge in [0.15, 0.2) is 0 Å². The van der Waals surface area contributed by atoms with Gasteiger partial charge in [-0.3, -0.25) is 9.59 Å². The summed E-state index contributed by atoms with van der Waals surface area (Å²) in [6.07, 6.45) is 2.87. The highest BCUT2D eigenvalue weighted by molar-refractivity contribution is 5.94. The Morgan fingerprint density at radius 2 is 1.64 bits per heavy atom. The van der Waals surface area contributed by atoms with Gasteiger partial charge in [-0.05, 0) is 42.2 Å². The summed E-state index contributed by atoms with van der Waals surface area (Å²) in [7, 11) is 0. The molecule has 170 valence electrons. The Kier molecular flexibility index (Phi) is 7.35. The van der Waals surface area contributed by atoms with Crippen molar-refractivity contribution in [2.45, 2.75) is 19.8 Å². The normalized spacial score (nSPS) is 13.6. The average Bonchev–Trinajstić information content (AvgIpc) is 2.86. The summed E-state index contributed by atoms with van der Waals surface area (Å²) >= 11 is 0. The first-order chi connectivity index (χ1) is 16.1. The molecule has 1 aromatic heterocycles. The number of aromatic nitrogens is 1. The summed E-state index contributed by atoms with van der Waals surface area (Å²) < 4.78 is 0. The molecule has 0 radical (unpaired) electrons. The van der Waals surface area contributed by atoms with Crippen LogP contribution in [0.2, 0.25) is 0 Å². The number of nitrogens with one attached hydrogen (secondary N) is 1. The molecule has 33 heavy (non-hydrogen) atoms. The van der Waals surface area contributed by atoms with Crippen molar-refractivity contribution in [3.8, 4) is 0 Å². The van der Waals surface area contributed by atoms with Gasteiger partial charge in [-0.2, -0.15) is 0 Å². The molecule has 0 saturated carbocycles. The van der Waals surface area contributed by atoms with E-state index in [0.717, 1.165) is 36.5 Å². The van der Waals surface area contributed by atoms with Gasteiger partial charge in [0.25, 0.3) is 5.91 Å². The number of benzene rings is 2. The second-order valence-corrected chi connectivity index (χ2v) is 8.37. The number of carbonyl (C=O) groups is 2. The van der Waals surface area contributed by atoms with Gasteiger partial charge in [-0.1, -0.05) is 54.6 Å². The van der Waals surface area contributed by atoms with E-state index in [-0.39, 0.29) is 11.8 Å². The Morgan fingerprint density at radius 1 is 0.909 bits per heavy atom. The lowest BCUT2D eigenvalue weighted by Gasteiger charge is -2.35. The molecule has 3 aromatic rings. The maximum Gasteiger partial charge on any atom is 0.252 e. The Hall–Kier alpha value is -3.67. The van der Waals surface area contributed by atoms with Crippen molar-refractivity contribution in [2.75, 3.05) is 37.6 Å². The molecule has 4 rings (SSSR count). The van der Waals surface area contributed by atoms with Crippen LogP contribution in [0.1, 0.15) is 27.0 Å². The van der Waals surface area contributed by atoms with Crippen LogP contribution in [0.25, 0.3) is 0 Å².